The van der Waals surface area contributed by atoms with Crippen LogP contribution < -0.4 is 10.6 Å². The van der Waals surface area contributed by atoms with Crippen LogP contribution in [0.1, 0.15) is 45.8 Å². The maximum Gasteiger partial charge on any atom is 0.251 e. The van der Waals surface area contributed by atoms with Gasteiger partial charge in [-0.2, -0.15) is 0 Å². The lowest BCUT2D eigenvalue weighted by Gasteiger charge is -2.15. The van der Waals surface area contributed by atoms with E-state index < -0.39 is 0 Å². The Morgan fingerprint density at radius 2 is 1.79 bits per heavy atom. The van der Waals surface area contributed by atoms with Crippen LogP contribution in [0.2, 0.25) is 0 Å². The molecule has 3 rings (SSSR count). The largest absolute Gasteiger partial charge is 0.342 e. The van der Waals surface area contributed by atoms with Gasteiger partial charge in [0.1, 0.15) is 0 Å². The van der Waals surface area contributed by atoms with E-state index in [1.54, 1.807) is 18.2 Å². The van der Waals surface area contributed by atoms with Crippen molar-refractivity contribution in [2.45, 2.75) is 45.4 Å². The quantitative estimate of drug-likeness (QED) is 0.357. The highest BCUT2D eigenvalue weighted by Crippen LogP contribution is 2.22. The number of thioether (sulfide) groups is 1. The molecule has 7 nitrogen and oxygen atoms in total. The van der Waals surface area contributed by atoms with Crippen LogP contribution in [0.3, 0.4) is 0 Å². The Balaban J connectivity index is 1.66. The fourth-order valence-electron chi connectivity index (χ4n) is 3.35. The molecule has 2 aromatic carbocycles. The predicted molar refractivity (Wildman–Crippen MR) is 133 cm³/mol. The maximum atomic E-state index is 12.6. The zero-order chi connectivity index (χ0) is 24.0. The van der Waals surface area contributed by atoms with Crippen LogP contribution in [-0.4, -0.2) is 32.3 Å². The number of amides is 2. The first-order chi connectivity index (χ1) is 15.8. The fourth-order valence-corrected chi connectivity index (χ4v) is 4.10. The normalized spacial score (nSPS) is 11.6. The van der Waals surface area contributed by atoms with Gasteiger partial charge < -0.3 is 15.2 Å². The van der Waals surface area contributed by atoms with E-state index in [4.69, 9.17) is 0 Å². The van der Waals surface area contributed by atoms with Crippen LogP contribution in [0.4, 0.5) is 5.69 Å². The minimum Gasteiger partial charge on any atom is -0.342 e. The summed E-state index contributed by atoms with van der Waals surface area (Å²) in [6, 6.07) is 12.9. The molecule has 0 aliphatic heterocycles. The first-order valence-corrected chi connectivity index (χ1v) is 11.7. The number of rotatable bonds is 9. The fraction of sp³-hybridized carbons (Fsp3) is 0.280. The molecule has 0 saturated heterocycles. The number of carbonyl (C=O) groups excluding carboxylic acids is 2. The van der Waals surface area contributed by atoms with Gasteiger partial charge in [-0.15, -0.1) is 16.8 Å². The molecule has 2 amide bonds. The molecule has 0 bridgehead atoms. The molecule has 0 aliphatic rings. The third kappa shape index (κ3) is 6.32. The van der Waals surface area contributed by atoms with E-state index in [0.717, 1.165) is 22.4 Å². The molecule has 3 aromatic rings. The minimum absolute atomic E-state index is 0.123. The molecular formula is C25H29N5O2S. The van der Waals surface area contributed by atoms with Crippen LogP contribution in [0.5, 0.6) is 0 Å². The highest BCUT2D eigenvalue weighted by Gasteiger charge is 2.20. The number of nitrogens with zero attached hydrogens (tertiary/aromatic N) is 3. The van der Waals surface area contributed by atoms with Gasteiger partial charge >= 0.3 is 0 Å². The number of anilines is 1. The van der Waals surface area contributed by atoms with Gasteiger partial charge in [0, 0.05) is 17.8 Å². The Bertz CT molecular complexity index is 1150. The SMILES string of the molecule is C=CCn1c(SCC(=O)Nc2ccc(C)cc2C)nnc1[C@@H](C)NC(=O)c1ccc(C)cc1. The van der Waals surface area contributed by atoms with E-state index >= 15 is 0 Å². The van der Waals surface area contributed by atoms with Gasteiger partial charge in [-0.1, -0.05) is 53.2 Å². The second-order valence-electron chi connectivity index (χ2n) is 7.96. The molecular weight excluding hydrogens is 434 g/mol. The summed E-state index contributed by atoms with van der Waals surface area (Å²) < 4.78 is 1.86. The summed E-state index contributed by atoms with van der Waals surface area (Å²) in [6.45, 7) is 12.1. The number of aryl methyl sites for hydroxylation is 3. The highest BCUT2D eigenvalue weighted by molar-refractivity contribution is 7.99. The average molecular weight is 464 g/mol. The molecule has 8 heteroatoms. The van der Waals surface area contributed by atoms with Gasteiger partial charge in [-0.05, 0) is 51.5 Å². The van der Waals surface area contributed by atoms with Gasteiger partial charge in [0.15, 0.2) is 11.0 Å². The Kier molecular flexibility index (Phi) is 8.06. The average Bonchev–Trinajstić information content (AvgIpc) is 3.17. The van der Waals surface area contributed by atoms with Crippen molar-refractivity contribution in [1.82, 2.24) is 20.1 Å². The van der Waals surface area contributed by atoms with Crippen LogP contribution in [-0.2, 0) is 11.3 Å². The van der Waals surface area contributed by atoms with Gasteiger partial charge in [-0.3, -0.25) is 9.59 Å². The van der Waals surface area contributed by atoms with Crippen LogP contribution in [0.25, 0.3) is 0 Å². The van der Waals surface area contributed by atoms with Crippen LogP contribution in [0, 0.1) is 20.8 Å². The van der Waals surface area contributed by atoms with Crippen molar-refractivity contribution in [2.75, 3.05) is 11.1 Å². The molecule has 33 heavy (non-hydrogen) atoms. The summed E-state index contributed by atoms with van der Waals surface area (Å²) in [6.07, 6.45) is 1.74. The van der Waals surface area contributed by atoms with Gasteiger partial charge in [-0.25, -0.2) is 0 Å². The van der Waals surface area contributed by atoms with E-state index in [1.165, 1.54) is 11.8 Å². The lowest BCUT2D eigenvalue weighted by Crippen LogP contribution is -2.28. The van der Waals surface area contributed by atoms with E-state index in [2.05, 4.69) is 27.4 Å². The second-order valence-corrected chi connectivity index (χ2v) is 8.90. The highest BCUT2D eigenvalue weighted by atomic mass is 32.2. The molecule has 0 aliphatic carbocycles. The van der Waals surface area contributed by atoms with Crippen molar-refractivity contribution >= 4 is 29.3 Å². The van der Waals surface area contributed by atoms with Crippen molar-refractivity contribution in [3.05, 3.63) is 83.2 Å². The molecule has 172 valence electrons. The van der Waals surface area contributed by atoms with Crippen LogP contribution >= 0.6 is 11.8 Å². The lowest BCUT2D eigenvalue weighted by atomic mass is 10.1. The number of hydrogen-bond acceptors (Lipinski definition) is 5. The summed E-state index contributed by atoms with van der Waals surface area (Å²) in [5.74, 6) is 0.486. The summed E-state index contributed by atoms with van der Waals surface area (Å²) in [5, 5.41) is 15.0. The maximum absolute atomic E-state index is 12.6. The molecule has 1 heterocycles. The van der Waals surface area contributed by atoms with Crippen molar-refractivity contribution in [3.63, 3.8) is 0 Å². The van der Waals surface area contributed by atoms with Crippen molar-refractivity contribution in [3.8, 4) is 0 Å². The van der Waals surface area contributed by atoms with Gasteiger partial charge in [0.25, 0.3) is 5.91 Å². The topological polar surface area (TPSA) is 88.9 Å². The monoisotopic (exact) mass is 463 g/mol. The summed E-state index contributed by atoms with van der Waals surface area (Å²) in [4.78, 5) is 25.1. The molecule has 0 fully saturated rings. The lowest BCUT2D eigenvalue weighted by molar-refractivity contribution is -0.113. The number of allylic oxidation sites excluding steroid dienone is 1. The van der Waals surface area contributed by atoms with E-state index in [0.29, 0.717) is 23.1 Å². The molecule has 1 aromatic heterocycles. The van der Waals surface area contributed by atoms with E-state index in [9.17, 15) is 9.59 Å². The zero-order valence-electron chi connectivity index (χ0n) is 19.4. The van der Waals surface area contributed by atoms with Crippen LogP contribution in [0.15, 0.2) is 60.3 Å². The van der Waals surface area contributed by atoms with Gasteiger partial charge in [0.05, 0.1) is 11.8 Å². The number of hydrogen-bond donors (Lipinski definition) is 2. The summed E-state index contributed by atoms with van der Waals surface area (Å²) in [5.41, 5.74) is 4.64. The third-order valence-corrected chi connectivity index (χ3v) is 6.06. The first kappa shape index (κ1) is 24.3. The number of carbonyl (C=O) groups is 2. The minimum atomic E-state index is -0.371. The Morgan fingerprint density at radius 3 is 2.45 bits per heavy atom. The molecule has 0 saturated carbocycles. The van der Waals surface area contributed by atoms with Crippen molar-refractivity contribution in [1.29, 1.82) is 0 Å². The second kappa shape index (κ2) is 11.0. The first-order valence-electron chi connectivity index (χ1n) is 10.7. The number of aromatic nitrogens is 3. The Hall–Kier alpha value is -3.39. The Labute approximate surface area is 198 Å². The van der Waals surface area contributed by atoms with E-state index in [1.807, 2.05) is 62.6 Å². The number of benzene rings is 2. The molecule has 0 unspecified atom stereocenters. The standard InChI is InChI=1S/C25H29N5O2S/c1-6-13-30-23(19(5)26-24(32)20-10-7-16(2)8-11-20)28-29-25(30)33-15-22(31)27-21-12-9-17(3)14-18(21)4/h6-12,14,19H,1,13,15H2,2-5H3,(H,26,32)(H,27,31)/t19-/m1/s1. The molecule has 2 N–H and O–H groups in total. The molecule has 1 atom stereocenters. The van der Waals surface area contributed by atoms with Crippen molar-refractivity contribution in [2.24, 2.45) is 0 Å². The number of nitrogens with one attached hydrogen (secondary N) is 2. The third-order valence-electron chi connectivity index (χ3n) is 5.09. The predicted octanol–water partition coefficient (Wildman–Crippen LogP) is 4.61. The zero-order valence-corrected chi connectivity index (χ0v) is 20.2. The Morgan fingerprint density at radius 1 is 1.09 bits per heavy atom. The molecule has 0 radical (unpaired) electrons. The summed E-state index contributed by atoms with van der Waals surface area (Å²) in [7, 11) is 0. The summed E-state index contributed by atoms with van der Waals surface area (Å²) >= 11 is 1.30. The molecule has 0 spiro atoms. The van der Waals surface area contributed by atoms with Gasteiger partial charge in [0.2, 0.25) is 5.91 Å². The van der Waals surface area contributed by atoms with E-state index in [-0.39, 0.29) is 23.6 Å². The van der Waals surface area contributed by atoms with Crippen molar-refractivity contribution < 1.29 is 9.59 Å². The smallest absolute Gasteiger partial charge is 0.251 e.